The summed E-state index contributed by atoms with van der Waals surface area (Å²) in [5.74, 6) is -0.603. The van der Waals surface area contributed by atoms with E-state index in [-0.39, 0.29) is 21.8 Å². The number of sulfonamides is 1. The van der Waals surface area contributed by atoms with E-state index in [2.05, 4.69) is 10.0 Å². The number of non-ortho nitro benzene ring substituents is 1. The van der Waals surface area contributed by atoms with Gasteiger partial charge in [0.25, 0.3) is 21.6 Å². The average molecular weight is 446 g/mol. The number of aryl methyl sites for hydroxylation is 1. The number of carbonyl (C=O) groups excluding carboxylic acids is 1. The van der Waals surface area contributed by atoms with E-state index in [0.29, 0.717) is 16.3 Å². The van der Waals surface area contributed by atoms with Gasteiger partial charge in [-0.05, 0) is 48.9 Å². The zero-order chi connectivity index (χ0) is 21.9. The van der Waals surface area contributed by atoms with Crippen molar-refractivity contribution in [2.45, 2.75) is 11.8 Å². The molecule has 0 bridgehead atoms. The third-order valence-corrected chi connectivity index (χ3v) is 5.89. The molecular weight excluding hydrogens is 430 g/mol. The number of carbonyl (C=O) groups is 1. The summed E-state index contributed by atoms with van der Waals surface area (Å²) in [6.07, 6.45) is 0. The van der Waals surface area contributed by atoms with E-state index < -0.39 is 20.9 Å². The number of nitrogens with one attached hydrogen (secondary N) is 2. The number of nitro benzene ring substituents is 1. The summed E-state index contributed by atoms with van der Waals surface area (Å²) < 4.78 is 28.1. The van der Waals surface area contributed by atoms with Crippen LogP contribution in [0, 0.1) is 17.0 Å². The molecule has 0 aliphatic rings. The van der Waals surface area contributed by atoms with Crippen LogP contribution in [0.15, 0.2) is 71.6 Å². The predicted octanol–water partition coefficient (Wildman–Crippen LogP) is 4.61. The molecule has 3 aromatic rings. The van der Waals surface area contributed by atoms with Crippen LogP contribution in [0.2, 0.25) is 5.02 Å². The molecule has 0 saturated carbocycles. The van der Waals surface area contributed by atoms with Gasteiger partial charge in [-0.2, -0.15) is 0 Å². The lowest BCUT2D eigenvalue weighted by Crippen LogP contribution is -2.16. The van der Waals surface area contributed by atoms with Crippen molar-refractivity contribution < 1.29 is 18.1 Å². The van der Waals surface area contributed by atoms with Gasteiger partial charge < -0.3 is 5.32 Å². The lowest BCUT2D eigenvalue weighted by molar-refractivity contribution is -0.384. The van der Waals surface area contributed by atoms with E-state index >= 15 is 0 Å². The van der Waals surface area contributed by atoms with Gasteiger partial charge in [0.2, 0.25) is 0 Å². The number of benzene rings is 3. The minimum atomic E-state index is -3.95. The Labute approximate surface area is 177 Å². The molecule has 0 aliphatic heterocycles. The van der Waals surface area contributed by atoms with Crippen molar-refractivity contribution in [1.29, 1.82) is 0 Å². The Morgan fingerprint density at radius 3 is 2.43 bits per heavy atom. The van der Waals surface area contributed by atoms with Crippen LogP contribution in [-0.4, -0.2) is 19.2 Å². The number of hydrogen-bond donors (Lipinski definition) is 2. The van der Waals surface area contributed by atoms with Crippen LogP contribution in [0.3, 0.4) is 0 Å². The fraction of sp³-hybridized carbons (Fsp3) is 0.0500. The molecule has 3 aromatic carbocycles. The molecule has 0 atom stereocenters. The molecule has 3 rings (SSSR count). The molecule has 154 valence electrons. The van der Waals surface area contributed by atoms with Crippen LogP contribution in [0.5, 0.6) is 0 Å². The molecule has 10 heteroatoms. The zero-order valence-corrected chi connectivity index (χ0v) is 17.2. The molecule has 0 unspecified atom stereocenters. The molecule has 0 spiro atoms. The Morgan fingerprint density at radius 2 is 1.73 bits per heavy atom. The van der Waals surface area contributed by atoms with E-state index in [4.69, 9.17) is 11.6 Å². The van der Waals surface area contributed by atoms with Crippen molar-refractivity contribution in [3.05, 3.63) is 93.0 Å². The van der Waals surface area contributed by atoms with Crippen LogP contribution in [0.25, 0.3) is 0 Å². The fourth-order valence-electron chi connectivity index (χ4n) is 2.69. The van der Waals surface area contributed by atoms with Crippen molar-refractivity contribution in [2.75, 3.05) is 10.0 Å². The molecule has 2 N–H and O–H groups in total. The molecule has 0 heterocycles. The number of nitrogens with zero attached hydrogens (tertiary/aromatic N) is 1. The number of halogens is 1. The number of amides is 1. The van der Waals surface area contributed by atoms with E-state index in [9.17, 15) is 23.3 Å². The predicted molar refractivity (Wildman–Crippen MR) is 114 cm³/mol. The van der Waals surface area contributed by atoms with Gasteiger partial charge in [-0.25, -0.2) is 8.42 Å². The second kappa shape index (κ2) is 8.52. The molecule has 0 radical (unpaired) electrons. The van der Waals surface area contributed by atoms with Crippen molar-refractivity contribution >= 4 is 44.6 Å². The van der Waals surface area contributed by atoms with Crippen LogP contribution in [-0.2, 0) is 10.0 Å². The Balaban J connectivity index is 1.87. The van der Waals surface area contributed by atoms with Crippen LogP contribution in [0.4, 0.5) is 17.1 Å². The first-order chi connectivity index (χ1) is 14.2. The first-order valence-electron chi connectivity index (χ1n) is 8.60. The van der Waals surface area contributed by atoms with E-state index in [1.165, 1.54) is 30.3 Å². The molecule has 8 nitrogen and oxygen atoms in total. The van der Waals surface area contributed by atoms with Crippen molar-refractivity contribution in [2.24, 2.45) is 0 Å². The summed E-state index contributed by atoms with van der Waals surface area (Å²) in [7, 11) is -3.95. The molecule has 30 heavy (non-hydrogen) atoms. The van der Waals surface area contributed by atoms with Crippen LogP contribution in [0.1, 0.15) is 15.9 Å². The topological polar surface area (TPSA) is 118 Å². The molecule has 0 aromatic heterocycles. The maximum absolute atomic E-state index is 12.8. The van der Waals surface area contributed by atoms with Gasteiger partial charge in [0.05, 0.1) is 15.5 Å². The van der Waals surface area contributed by atoms with Crippen molar-refractivity contribution in [1.82, 2.24) is 0 Å². The van der Waals surface area contributed by atoms with Gasteiger partial charge in [0, 0.05) is 28.4 Å². The SMILES string of the molecule is Cc1ccc(NC(=O)c2cccc([N+](=O)[O-])c2)cc1S(=O)(=O)Nc1cccc(Cl)c1. The summed E-state index contributed by atoms with van der Waals surface area (Å²) in [4.78, 5) is 22.7. The third kappa shape index (κ3) is 4.94. The van der Waals surface area contributed by atoms with Crippen LogP contribution >= 0.6 is 11.6 Å². The van der Waals surface area contributed by atoms with Gasteiger partial charge in [-0.3, -0.25) is 19.6 Å². The van der Waals surface area contributed by atoms with E-state index in [1.807, 2.05) is 0 Å². The van der Waals surface area contributed by atoms with E-state index in [1.54, 1.807) is 37.3 Å². The Kier molecular flexibility index (Phi) is 6.04. The number of anilines is 2. The molecule has 0 fully saturated rings. The van der Waals surface area contributed by atoms with E-state index in [0.717, 1.165) is 6.07 Å². The summed E-state index contributed by atoms with van der Waals surface area (Å²) in [6, 6.07) is 15.9. The molecule has 1 amide bonds. The lowest BCUT2D eigenvalue weighted by Gasteiger charge is -2.13. The highest BCUT2D eigenvalue weighted by atomic mass is 35.5. The quantitative estimate of drug-likeness (QED) is 0.424. The standard InChI is InChI=1S/C20H16ClN3O5S/c1-13-8-9-16(22-20(25)14-4-2-7-18(10-14)24(26)27)12-19(13)30(28,29)23-17-6-3-5-15(21)11-17/h2-12,23H,1H3,(H,22,25). The normalized spacial score (nSPS) is 11.0. The Bertz CT molecular complexity index is 1240. The number of rotatable bonds is 6. The second-order valence-corrected chi connectivity index (χ2v) is 8.44. The first kappa shape index (κ1) is 21.3. The first-order valence-corrected chi connectivity index (χ1v) is 10.5. The maximum Gasteiger partial charge on any atom is 0.270 e. The highest BCUT2D eigenvalue weighted by Gasteiger charge is 2.19. The minimum Gasteiger partial charge on any atom is -0.322 e. The Morgan fingerprint density at radius 1 is 1.00 bits per heavy atom. The smallest absolute Gasteiger partial charge is 0.270 e. The Hall–Kier alpha value is -3.43. The summed E-state index contributed by atoms with van der Waals surface area (Å²) >= 11 is 5.90. The van der Waals surface area contributed by atoms with Gasteiger partial charge in [-0.1, -0.05) is 29.8 Å². The molecular formula is C20H16ClN3O5S. The lowest BCUT2D eigenvalue weighted by atomic mass is 10.1. The van der Waals surface area contributed by atoms with Gasteiger partial charge >= 0.3 is 0 Å². The van der Waals surface area contributed by atoms with Crippen molar-refractivity contribution in [3.8, 4) is 0 Å². The highest BCUT2D eigenvalue weighted by Crippen LogP contribution is 2.25. The summed E-state index contributed by atoms with van der Waals surface area (Å²) in [6.45, 7) is 1.62. The number of nitro groups is 1. The molecule has 0 aliphatic carbocycles. The van der Waals surface area contributed by atoms with Crippen LogP contribution < -0.4 is 10.0 Å². The largest absolute Gasteiger partial charge is 0.322 e. The third-order valence-electron chi connectivity index (χ3n) is 4.13. The van der Waals surface area contributed by atoms with Gasteiger partial charge in [0.15, 0.2) is 0 Å². The average Bonchev–Trinajstić information content (AvgIpc) is 2.69. The second-order valence-electron chi connectivity index (χ2n) is 6.36. The maximum atomic E-state index is 12.8. The number of hydrogen-bond acceptors (Lipinski definition) is 5. The van der Waals surface area contributed by atoms with Gasteiger partial charge in [0.1, 0.15) is 0 Å². The summed E-state index contributed by atoms with van der Waals surface area (Å²) in [5.41, 5.74) is 0.848. The minimum absolute atomic E-state index is 0.0284. The molecule has 0 saturated heterocycles. The fourth-order valence-corrected chi connectivity index (χ4v) is 4.20. The van der Waals surface area contributed by atoms with Crippen molar-refractivity contribution in [3.63, 3.8) is 0 Å². The summed E-state index contributed by atoms with van der Waals surface area (Å²) in [5, 5.41) is 13.8. The van der Waals surface area contributed by atoms with Gasteiger partial charge in [-0.15, -0.1) is 0 Å². The monoisotopic (exact) mass is 445 g/mol. The zero-order valence-electron chi connectivity index (χ0n) is 15.6. The highest BCUT2D eigenvalue weighted by molar-refractivity contribution is 7.92.